The summed E-state index contributed by atoms with van der Waals surface area (Å²) in [6, 6.07) is 6.99. The lowest BCUT2D eigenvalue weighted by Gasteiger charge is -2.59. The van der Waals surface area contributed by atoms with E-state index >= 15 is 0 Å². The summed E-state index contributed by atoms with van der Waals surface area (Å²) in [5.41, 5.74) is -4.68. The van der Waals surface area contributed by atoms with Crippen molar-refractivity contribution in [1.29, 1.82) is 0 Å². The molecule has 0 amide bonds. The topological polar surface area (TPSA) is 145 Å². The second-order valence-corrected chi connectivity index (χ2v) is 14.1. The van der Waals surface area contributed by atoms with Crippen LogP contribution in [-0.4, -0.2) is 43.4 Å². The second-order valence-electron chi connectivity index (χ2n) is 14.1. The lowest BCUT2D eigenvalue weighted by molar-refractivity contribution is -0.171. The quantitative estimate of drug-likeness (QED) is 0.296. The number of ketones is 3. The zero-order valence-electron chi connectivity index (χ0n) is 25.4. The Morgan fingerprint density at radius 1 is 1.05 bits per heavy atom. The highest BCUT2D eigenvalue weighted by Crippen LogP contribution is 2.65. The van der Waals surface area contributed by atoms with Crippen molar-refractivity contribution >= 4 is 17.3 Å². The highest BCUT2D eigenvalue weighted by atomic mass is 16.4. The van der Waals surface area contributed by atoms with E-state index in [1.165, 1.54) is 31.7 Å². The summed E-state index contributed by atoms with van der Waals surface area (Å²) in [6.07, 6.45) is 5.91. The van der Waals surface area contributed by atoms with E-state index in [1.807, 2.05) is 26.0 Å². The van der Waals surface area contributed by atoms with Gasteiger partial charge in [0, 0.05) is 34.3 Å². The van der Waals surface area contributed by atoms with Crippen LogP contribution in [0.3, 0.4) is 0 Å². The Labute approximate surface area is 251 Å². The maximum absolute atomic E-state index is 14.3. The lowest BCUT2D eigenvalue weighted by atomic mass is 9.44. The van der Waals surface area contributed by atoms with E-state index in [0.29, 0.717) is 22.8 Å². The number of aliphatic hydroxyl groups is 3. The van der Waals surface area contributed by atoms with Gasteiger partial charge in [-0.1, -0.05) is 53.4 Å². The molecule has 2 aromatic rings. The van der Waals surface area contributed by atoms with Crippen molar-refractivity contribution in [3.63, 3.8) is 0 Å². The van der Waals surface area contributed by atoms with E-state index in [9.17, 15) is 34.8 Å². The maximum Gasteiger partial charge on any atom is 0.209 e. The zero-order chi connectivity index (χ0) is 31.2. The van der Waals surface area contributed by atoms with Crippen LogP contribution in [0.25, 0.3) is 11.3 Å². The predicted molar refractivity (Wildman–Crippen MR) is 159 cm³/mol. The first-order valence-electron chi connectivity index (χ1n) is 15.3. The molecule has 6 rings (SSSR count). The van der Waals surface area contributed by atoms with Crippen LogP contribution >= 0.6 is 0 Å². The molecule has 4 aliphatic rings. The summed E-state index contributed by atoms with van der Waals surface area (Å²) in [6.45, 7) is 8.19. The molecule has 0 bridgehead atoms. The van der Waals surface area contributed by atoms with Gasteiger partial charge in [0.2, 0.25) is 5.78 Å². The number of phenols is 1. The standard InChI is InChI=1S/C35H40O8/c1-17(2)27-29(38)25(18(3)36)31(40)35(42)32(41)28-30(39)26-22(15-33(28,4)16-34(27,35)5)21(11-12-23(26)37)24-13-10-20(43-24)14-19-8-6-7-9-19/h10-13,17,19,27,37-38,41-42H,6-9,14-16H2,1-5H3/t27?,33-,34-,35+/m1/s1. The average Bonchev–Trinajstić information content (AvgIpc) is 3.58. The first-order valence-corrected chi connectivity index (χ1v) is 15.3. The first-order chi connectivity index (χ1) is 20.2. The molecule has 8 nitrogen and oxygen atoms in total. The van der Waals surface area contributed by atoms with Gasteiger partial charge in [0.15, 0.2) is 17.2 Å². The minimum atomic E-state index is -2.62. The molecule has 1 aromatic carbocycles. The van der Waals surface area contributed by atoms with E-state index in [4.69, 9.17) is 4.42 Å². The molecule has 1 fully saturated rings. The van der Waals surface area contributed by atoms with Gasteiger partial charge in [-0.15, -0.1) is 0 Å². The van der Waals surface area contributed by atoms with E-state index in [-0.39, 0.29) is 35.6 Å². The van der Waals surface area contributed by atoms with Crippen LogP contribution < -0.4 is 0 Å². The molecule has 4 atom stereocenters. The monoisotopic (exact) mass is 588 g/mol. The molecular formula is C35H40O8. The van der Waals surface area contributed by atoms with Crippen molar-refractivity contribution in [3.05, 3.63) is 63.8 Å². The third kappa shape index (κ3) is 3.94. The molecule has 1 heterocycles. The van der Waals surface area contributed by atoms with Gasteiger partial charge in [0.25, 0.3) is 0 Å². The third-order valence-corrected chi connectivity index (χ3v) is 10.8. The van der Waals surface area contributed by atoms with Crippen LogP contribution in [0, 0.1) is 28.6 Å². The van der Waals surface area contributed by atoms with Crippen molar-refractivity contribution in [1.82, 2.24) is 0 Å². The molecule has 4 aliphatic carbocycles. The molecule has 0 spiro atoms. The fourth-order valence-corrected chi connectivity index (χ4v) is 9.09. The Morgan fingerprint density at radius 3 is 2.35 bits per heavy atom. The van der Waals surface area contributed by atoms with Gasteiger partial charge in [-0.2, -0.15) is 0 Å². The number of aromatic hydroxyl groups is 1. The van der Waals surface area contributed by atoms with Crippen LogP contribution in [-0.2, 0) is 22.4 Å². The molecule has 8 heteroatoms. The van der Waals surface area contributed by atoms with Crippen LogP contribution in [0.2, 0.25) is 0 Å². The second kappa shape index (κ2) is 9.68. The van der Waals surface area contributed by atoms with Crippen LogP contribution in [0.1, 0.15) is 88.4 Å². The third-order valence-electron chi connectivity index (χ3n) is 10.8. The summed E-state index contributed by atoms with van der Waals surface area (Å²) in [5, 5.41) is 46.3. The van der Waals surface area contributed by atoms with Crippen molar-refractivity contribution in [2.45, 2.75) is 85.2 Å². The Kier molecular flexibility index (Phi) is 6.62. The number of fused-ring (bicyclic) bond motifs is 3. The fraction of sp³-hybridized carbons (Fsp3) is 0.514. The van der Waals surface area contributed by atoms with Gasteiger partial charge in [-0.3, -0.25) is 14.4 Å². The largest absolute Gasteiger partial charge is 0.511 e. The van der Waals surface area contributed by atoms with Gasteiger partial charge in [0.05, 0.1) is 5.56 Å². The van der Waals surface area contributed by atoms with E-state index in [1.54, 1.807) is 19.9 Å². The minimum absolute atomic E-state index is 0.00804. The smallest absolute Gasteiger partial charge is 0.209 e. The van der Waals surface area contributed by atoms with E-state index in [2.05, 4.69) is 0 Å². The van der Waals surface area contributed by atoms with Crippen LogP contribution in [0.15, 0.2) is 51.3 Å². The van der Waals surface area contributed by atoms with Gasteiger partial charge < -0.3 is 24.8 Å². The molecule has 0 aliphatic heterocycles. The number of hydrogen-bond acceptors (Lipinski definition) is 8. The minimum Gasteiger partial charge on any atom is -0.511 e. The summed E-state index contributed by atoms with van der Waals surface area (Å²) >= 11 is 0. The number of furan rings is 1. The Bertz CT molecular complexity index is 1630. The number of Topliss-reactive ketones (excluding diaryl/α,β-unsaturated/α-hetero) is 3. The van der Waals surface area contributed by atoms with E-state index in [0.717, 1.165) is 19.1 Å². The molecule has 228 valence electrons. The molecule has 1 unspecified atom stereocenters. The molecule has 1 saturated carbocycles. The van der Waals surface area contributed by atoms with Crippen LogP contribution in [0.4, 0.5) is 0 Å². The Hall–Kier alpha value is -3.65. The normalized spacial score (nSPS) is 31.0. The number of allylic oxidation sites excluding steroid dienone is 2. The molecule has 43 heavy (non-hydrogen) atoms. The van der Waals surface area contributed by atoms with Crippen LogP contribution in [0.5, 0.6) is 5.75 Å². The van der Waals surface area contributed by atoms with Crippen molar-refractivity contribution < 1.29 is 39.2 Å². The summed E-state index contributed by atoms with van der Waals surface area (Å²) in [7, 11) is 0. The summed E-state index contributed by atoms with van der Waals surface area (Å²) in [4.78, 5) is 40.6. The highest BCUT2D eigenvalue weighted by molar-refractivity contribution is 6.25. The van der Waals surface area contributed by atoms with E-state index < -0.39 is 56.8 Å². The molecule has 0 radical (unpaired) electrons. The summed E-state index contributed by atoms with van der Waals surface area (Å²) < 4.78 is 6.29. The molecule has 4 N–H and O–H groups in total. The number of aliphatic hydroxyl groups excluding tert-OH is 2. The SMILES string of the molecule is CC(=O)C1=C(O)C(C(C)C)[C@@]2(C)C[C@@]3(C)Cc4c(-c5ccc(CC6CCCC6)o5)ccc(O)c4C(=O)C3=C(O)[C@@]2(O)C1=O. The Morgan fingerprint density at radius 2 is 1.72 bits per heavy atom. The number of rotatable bonds is 5. The highest BCUT2D eigenvalue weighted by Gasteiger charge is 2.71. The molecule has 1 aromatic heterocycles. The number of phenolic OH excluding ortho intramolecular Hbond substituents is 1. The summed E-state index contributed by atoms with van der Waals surface area (Å²) in [5.74, 6) is -3.19. The number of carbonyl (C=O) groups is 3. The first kappa shape index (κ1) is 29.4. The molecular weight excluding hydrogens is 548 g/mol. The van der Waals surface area contributed by atoms with Gasteiger partial charge in [0.1, 0.15) is 34.4 Å². The van der Waals surface area contributed by atoms with Gasteiger partial charge in [-0.25, -0.2) is 0 Å². The number of carbonyl (C=O) groups excluding carboxylic acids is 3. The zero-order valence-corrected chi connectivity index (χ0v) is 25.4. The Balaban J connectivity index is 1.52. The van der Waals surface area contributed by atoms with Crippen molar-refractivity contribution in [3.8, 4) is 17.1 Å². The molecule has 0 saturated heterocycles. The maximum atomic E-state index is 14.3. The number of benzene rings is 1. The average molecular weight is 589 g/mol. The van der Waals surface area contributed by atoms with Gasteiger partial charge in [-0.05, 0) is 61.4 Å². The van der Waals surface area contributed by atoms with Crippen molar-refractivity contribution in [2.75, 3.05) is 0 Å². The number of hydrogen-bond donors (Lipinski definition) is 4. The van der Waals surface area contributed by atoms with Gasteiger partial charge >= 0.3 is 0 Å². The lowest BCUT2D eigenvalue weighted by Crippen LogP contribution is -2.67. The predicted octanol–water partition coefficient (Wildman–Crippen LogP) is 6.34. The fourth-order valence-electron chi connectivity index (χ4n) is 9.09. The van der Waals surface area contributed by atoms with Crippen molar-refractivity contribution in [2.24, 2.45) is 28.6 Å².